The van der Waals surface area contributed by atoms with Gasteiger partial charge in [-0.25, -0.2) is 13.1 Å². The number of sulfonamides is 1. The third-order valence-electron chi connectivity index (χ3n) is 4.68. The highest BCUT2D eigenvalue weighted by Crippen LogP contribution is 2.21. The number of halogens is 1. The lowest BCUT2D eigenvalue weighted by Crippen LogP contribution is -2.31. The van der Waals surface area contributed by atoms with Crippen molar-refractivity contribution in [3.63, 3.8) is 0 Å². The topological polar surface area (TPSA) is 81.1 Å². The quantitative estimate of drug-likeness (QED) is 0.506. The van der Waals surface area contributed by atoms with Crippen LogP contribution in [0.25, 0.3) is 10.9 Å². The molecule has 0 saturated heterocycles. The van der Waals surface area contributed by atoms with Crippen LogP contribution >= 0.6 is 11.6 Å². The Kier molecular flexibility index (Phi) is 5.32. The molecule has 0 atom stereocenters. The van der Waals surface area contributed by atoms with E-state index in [0.29, 0.717) is 17.0 Å². The van der Waals surface area contributed by atoms with Crippen LogP contribution in [0.15, 0.2) is 77.7 Å². The molecule has 0 aliphatic carbocycles. The van der Waals surface area contributed by atoms with Crippen molar-refractivity contribution in [2.24, 2.45) is 0 Å². The van der Waals surface area contributed by atoms with Crippen LogP contribution in [0.1, 0.15) is 21.6 Å². The molecule has 1 amide bonds. The molecular formula is C22H18ClN3O3S. The van der Waals surface area contributed by atoms with E-state index < -0.39 is 15.9 Å². The number of hydrogen-bond acceptors (Lipinski definition) is 4. The lowest BCUT2D eigenvalue weighted by atomic mass is 10.1. The van der Waals surface area contributed by atoms with E-state index in [-0.39, 0.29) is 10.6 Å². The summed E-state index contributed by atoms with van der Waals surface area (Å²) < 4.78 is 29.0. The van der Waals surface area contributed by atoms with Crippen molar-refractivity contribution in [1.29, 1.82) is 0 Å². The van der Waals surface area contributed by atoms with Gasteiger partial charge in [0.05, 0.1) is 17.0 Å². The lowest BCUT2D eigenvalue weighted by molar-refractivity contribution is 0.0977. The number of nitrogens with zero attached hydrogens (tertiary/aromatic N) is 2. The molecular weight excluding hydrogens is 422 g/mol. The minimum atomic E-state index is -4.05. The van der Waals surface area contributed by atoms with Gasteiger partial charge in [-0.15, -0.1) is 0 Å². The van der Waals surface area contributed by atoms with Gasteiger partial charge < -0.3 is 0 Å². The second kappa shape index (κ2) is 7.93. The molecule has 8 heteroatoms. The van der Waals surface area contributed by atoms with Gasteiger partial charge in [0.15, 0.2) is 5.69 Å². The molecule has 152 valence electrons. The van der Waals surface area contributed by atoms with Gasteiger partial charge in [-0.3, -0.25) is 9.48 Å². The molecule has 0 aliphatic rings. The Morgan fingerprint density at radius 2 is 1.67 bits per heavy atom. The molecule has 1 heterocycles. The van der Waals surface area contributed by atoms with Gasteiger partial charge in [0.25, 0.3) is 15.9 Å². The highest BCUT2D eigenvalue weighted by atomic mass is 35.5. The summed E-state index contributed by atoms with van der Waals surface area (Å²) in [6.45, 7) is 2.47. The summed E-state index contributed by atoms with van der Waals surface area (Å²) in [5.41, 5.74) is 2.97. The molecule has 0 saturated carbocycles. The number of rotatable bonds is 5. The van der Waals surface area contributed by atoms with Crippen LogP contribution in [0, 0.1) is 6.92 Å². The normalized spacial score (nSPS) is 11.5. The van der Waals surface area contributed by atoms with Gasteiger partial charge in [-0.05, 0) is 42.8 Å². The maximum Gasteiger partial charge on any atom is 0.286 e. The Morgan fingerprint density at radius 3 is 2.37 bits per heavy atom. The predicted molar refractivity (Wildman–Crippen MR) is 116 cm³/mol. The Hall–Kier alpha value is -3.16. The first kappa shape index (κ1) is 20.1. The zero-order valence-corrected chi connectivity index (χ0v) is 17.6. The van der Waals surface area contributed by atoms with Gasteiger partial charge in [0.1, 0.15) is 0 Å². The zero-order valence-electron chi connectivity index (χ0n) is 16.0. The fraction of sp³-hybridized carbons (Fsp3) is 0.0909. The van der Waals surface area contributed by atoms with Crippen LogP contribution in [0.5, 0.6) is 0 Å². The second-order valence-corrected chi connectivity index (χ2v) is 9.02. The number of aryl methyl sites for hydroxylation is 1. The number of carbonyl (C=O) groups is 1. The van der Waals surface area contributed by atoms with Gasteiger partial charge in [-0.2, -0.15) is 5.10 Å². The summed E-state index contributed by atoms with van der Waals surface area (Å²) in [6.07, 6.45) is 0. The minimum Gasteiger partial charge on any atom is -0.266 e. The molecule has 4 rings (SSSR count). The summed E-state index contributed by atoms with van der Waals surface area (Å²) in [7, 11) is -4.05. The monoisotopic (exact) mass is 439 g/mol. The van der Waals surface area contributed by atoms with Crippen LogP contribution in [0.4, 0.5) is 0 Å². The molecule has 0 unspecified atom stereocenters. The van der Waals surface area contributed by atoms with E-state index in [9.17, 15) is 13.2 Å². The molecule has 0 fully saturated rings. The first-order valence-corrected chi connectivity index (χ1v) is 11.0. The van der Waals surface area contributed by atoms with Crippen molar-refractivity contribution in [1.82, 2.24) is 14.5 Å². The van der Waals surface area contributed by atoms with E-state index in [1.807, 2.05) is 43.3 Å². The SMILES string of the molecule is Cc1ccc(Cn2nc(C(=O)NS(=O)(=O)c3ccc(Cl)cc3)c3ccccc32)cc1. The average Bonchev–Trinajstić information content (AvgIpc) is 3.08. The molecule has 0 bridgehead atoms. The molecule has 0 radical (unpaired) electrons. The minimum absolute atomic E-state index is 0.0512. The largest absolute Gasteiger partial charge is 0.286 e. The van der Waals surface area contributed by atoms with E-state index >= 15 is 0 Å². The molecule has 0 aliphatic heterocycles. The molecule has 1 aromatic heterocycles. The molecule has 30 heavy (non-hydrogen) atoms. The first-order valence-electron chi connectivity index (χ1n) is 9.17. The summed E-state index contributed by atoms with van der Waals surface area (Å²) >= 11 is 5.81. The number of aromatic nitrogens is 2. The predicted octanol–water partition coefficient (Wildman–Crippen LogP) is 4.17. The number of nitrogens with one attached hydrogen (secondary N) is 1. The Balaban J connectivity index is 1.67. The number of fused-ring (bicyclic) bond motifs is 1. The number of benzene rings is 3. The van der Waals surface area contributed by atoms with Crippen LogP contribution in [0.2, 0.25) is 5.02 Å². The van der Waals surface area contributed by atoms with Gasteiger partial charge in [-0.1, -0.05) is 59.6 Å². The van der Waals surface area contributed by atoms with Crippen LogP contribution in [-0.4, -0.2) is 24.1 Å². The van der Waals surface area contributed by atoms with Crippen molar-refractivity contribution in [2.45, 2.75) is 18.4 Å². The molecule has 3 aromatic carbocycles. The zero-order chi connectivity index (χ0) is 21.3. The fourth-order valence-electron chi connectivity index (χ4n) is 3.13. The highest BCUT2D eigenvalue weighted by molar-refractivity contribution is 7.90. The average molecular weight is 440 g/mol. The van der Waals surface area contributed by atoms with Crippen LogP contribution in [-0.2, 0) is 16.6 Å². The van der Waals surface area contributed by atoms with Crippen molar-refractivity contribution in [3.8, 4) is 0 Å². The van der Waals surface area contributed by atoms with Crippen molar-refractivity contribution < 1.29 is 13.2 Å². The van der Waals surface area contributed by atoms with Gasteiger partial charge in [0.2, 0.25) is 0 Å². The molecule has 1 N–H and O–H groups in total. The van der Waals surface area contributed by atoms with Crippen LogP contribution in [0.3, 0.4) is 0 Å². The van der Waals surface area contributed by atoms with E-state index in [1.54, 1.807) is 16.8 Å². The van der Waals surface area contributed by atoms with E-state index in [4.69, 9.17) is 11.6 Å². The number of amides is 1. The van der Waals surface area contributed by atoms with Crippen molar-refractivity contribution in [3.05, 3.63) is 94.6 Å². The third-order valence-corrected chi connectivity index (χ3v) is 6.28. The molecule has 0 spiro atoms. The number of carbonyl (C=O) groups excluding carboxylic acids is 1. The Bertz CT molecular complexity index is 1330. The molecule has 6 nitrogen and oxygen atoms in total. The Morgan fingerprint density at radius 1 is 1.00 bits per heavy atom. The maximum atomic E-state index is 12.8. The van der Waals surface area contributed by atoms with E-state index in [0.717, 1.165) is 16.6 Å². The van der Waals surface area contributed by atoms with E-state index in [2.05, 4.69) is 9.82 Å². The van der Waals surface area contributed by atoms with E-state index in [1.165, 1.54) is 24.3 Å². The van der Waals surface area contributed by atoms with Gasteiger partial charge >= 0.3 is 0 Å². The summed E-state index contributed by atoms with van der Waals surface area (Å²) in [5, 5.41) is 5.40. The van der Waals surface area contributed by atoms with Crippen LogP contribution < -0.4 is 4.72 Å². The highest BCUT2D eigenvalue weighted by Gasteiger charge is 2.23. The number of para-hydroxylation sites is 1. The first-order chi connectivity index (χ1) is 14.3. The smallest absolute Gasteiger partial charge is 0.266 e. The van der Waals surface area contributed by atoms with Crippen molar-refractivity contribution in [2.75, 3.05) is 0 Å². The third kappa shape index (κ3) is 4.08. The maximum absolute atomic E-state index is 12.8. The summed E-state index contributed by atoms with van der Waals surface area (Å²) in [5.74, 6) is -0.788. The number of hydrogen-bond donors (Lipinski definition) is 1. The second-order valence-electron chi connectivity index (χ2n) is 6.90. The summed E-state index contributed by atoms with van der Waals surface area (Å²) in [6, 6.07) is 20.8. The molecule has 4 aromatic rings. The summed E-state index contributed by atoms with van der Waals surface area (Å²) in [4.78, 5) is 12.8. The Labute approximate surface area is 179 Å². The fourth-order valence-corrected chi connectivity index (χ4v) is 4.20. The van der Waals surface area contributed by atoms with Gasteiger partial charge in [0, 0.05) is 10.4 Å². The standard InChI is InChI=1S/C22H18ClN3O3S/c1-15-6-8-16(9-7-15)14-26-20-5-3-2-4-19(20)21(24-26)22(27)25-30(28,29)18-12-10-17(23)11-13-18/h2-13H,14H2,1H3,(H,25,27). The van der Waals surface area contributed by atoms with Crippen molar-refractivity contribution >= 4 is 38.4 Å². The lowest BCUT2D eigenvalue weighted by Gasteiger charge is -2.06.